The van der Waals surface area contributed by atoms with Crippen molar-refractivity contribution in [2.45, 2.75) is 309 Å². The molecular formula is C63H114O5. The summed E-state index contributed by atoms with van der Waals surface area (Å²) in [7, 11) is 0. The van der Waals surface area contributed by atoms with Gasteiger partial charge in [-0.15, -0.1) is 0 Å². The summed E-state index contributed by atoms with van der Waals surface area (Å²) in [6.07, 6.45) is 75.6. The van der Waals surface area contributed by atoms with Gasteiger partial charge in [-0.1, -0.05) is 281 Å². The minimum atomic E-state index is -0.574. The summed E-state index contributed by atoms with van der Waals surface area (Å²) in [5.74, 6) is -0.476. The molecule has 0 heterocycles. The van der Waals surface area contributed by atoms with Gasteiger partial charge in [-0.3, -0.25) is 9.59 Å². The number of carbonyl (C=O) groups is 2. The van der Waals surface area contributed by atoms with Crippen molar-refractivity contribution in [2.24, 2.45) is 0 Å². The highest BCUT2D eigenvalue weighted by Crippen LogP contribution is 2.16. The van der Waals surface area contributed by atoms with E-state index < -0.39 is 6.10 Å². The van der Waals surface area contributed by atoms with Crippen molar-refractivity contribution in [1.29, 1.82) is 0 Å². The Balaban J connectivity index is 4.25. The van der Waals surface area contributed by atoms with E-state index in [2.05, 4.69) is 75.5 Å². The summed E-state index contributed by atoms with van der Waals surface area (Å²) >= 11 is 0. The first-order chi connectivity index (χ1) is 33.6. The van der Waals surface area contributed by atoms with Crippen molar-refractivity contribution >= 4 is 11.9 Å². The fraction of sp³-hybridized carbons (Fsp3) is 0.810. The van der Waals surface area contributed by atoms with Crippen LogP contribution in [0.15, 0.2) is 60.8 Å². The maximum absolute atomic E-state index is 12.8. The van der Waals surface area contributed by atoms with Gasteiger partial charge in [-0.05, 0) is 70.6 Å². The molecule has 0 rings (SSSR count). The summed E-state index contributed by atoms with van der Waals surface area (Å²) in [6.45, 7) is 7.68. The van der Waals surface area contributed by atoms with E-state index in [1.807, 2.05) is 6.08 Å². The van der Waals surface area contributed by atoms with Crippen LogP contribution < -0.4 is 0 Å². The highest BCUT2D eigenvalue weighted by molar-refractivity contribution is 5.70. The average molecular weight is 952 g/mol. The Hall–Kier alpha value is -2.40. The number of carbonyl (C=O) groups excluding carboxylic acids is 2. The van der Waals surface area contributed by atoms with Crippen LogP contribution in [0.4, 0.5) is 0 Å². The van der Waals surface area contributed by atoms with Gasteiger partial charge in [0.15, 0.2) is 6.10 Å². The second-order valence-electron chi connectivity index (χ2n) is 19.9. The lowest BCUT2D eigenvalue weighted by Gasteiger charge is -2.18. The normalized spacial score (nSPS) is 12.6. The van der Waals surface area contributed by atoms with Crippen LogP contribution in [0, 0.1) is 0 Å². The smallest absolute Gasteiger partial charge is 0.306 e. The molecule has 5 nitrogen and oxygen atoms in total. The number of esters is 2. The number of ether oxygens (including phenoxy) is 3. The Morgan fingerprint density at radius 3 is 1.12 bits per heavy atom. The van der Waals surface area contributed by atoms with Gasteiger partial charge in [0, 0.05) is 19.4 Å². The number of unbranched alkanes of at least 4 members (excludes halogenated alkanes) is 34. The second-order valence-corrected chi connectivity index (χ2v) is 19.9. The summed E-state index contributed by atoms with van der Waals surface area (Å²) in [6, 6.07) is 0. The Kier molecular flexibility index (Phi) is 56.8. The van der Waals surface area contributed by atoms with E-state index in [0.29, 0.717) is 25.9 Å². The Morgan fingerprint density at radius 2 is 0.691 bits per heavy atom. The molecule has 0 aromatic rings. The van der Waals surface area contributed by atoms with E-state index in [0.717, 1.165) is 51.4 Å². The minimum absolute atomic E-state index is 0.0592. The van der Waals surface area contributed by atoms with Crippen molar-refractivity contribution in [3.8, 4) is 0 Å². The lowest BCUT2D eigenvalue weighted by Crippen LogP contribution is -2.30. The molecule has 0 aliphatic carbocycles. The molecule has 0 bridgehead atoms. The van der Waals surface area contributed by atoms with Gasteiger partial charge in [0.25, 0.3) is 0 Å². The number of allylic oxidation sites excluding steroid dienone is 10. The summed E-state index contributed by atoms with van der Waals surface area (Å²) in [5, 5.41) is 0. The maximum atomic E-state index is 12.8. The topological polar surface area (TPSA) is 61.8 Å². The lowest BCUT2D eigenvalue weighted by atomic mass is 10.0. The van der Waals surface area contributed by atoms with E-state index in [1.165, 1.54) is 212 Å². The Morgan fingerprint density at radius 1 is 0.338 bits per heavy atom. The SMILES string of the molecule is CC/C=C\C/C=C\C/C=C\C/C=C\CCC(=O)OC(COCCCCCCCCCCCC/C=C\CCCCCCCC)COC(=O)CCCCCCCCCCCCCCCCCCCCC. The Bertz CT molecular complexity index is 1170. The predicted molar refractivity (Wildman–Crippen MR) is 298 cm³/mol. The molecule has 0 amide bonds. The third-order valence-corrected chi connectivity index (χ3v) is 13.1. The first-order valence-corrected chi connectivity index (χ1v) is 29.8. The van der Waals surface area contributed by atoms with E-state index in [4.69, 9.17) is 14.2 Å². The van der Waals surface area contributed by atoms with Gasteiger partial charge in [0.2, 0.25) is 0 Å². The van der Waals surface area contributed by atoms with Gasteiger partial charge in [-0.25, -0.2) is 0 Å². The fourth-order valence-electron chi connectivity index (χ4n) is 8.64. The molecular weight excluding hydrogens is 837 g/mol. The molecule has 0 aromatic heterocycles. The van der Waals surface area contributed by atoms with Crippen molar-refractivity contribution in [1.82, 2.24) is 0 Å². The summed E-state index contributed by atoms with van der Waals surface area (Å²) in [5.41, 5.74) is 0. The van der Waals surface area contributed by atoms with Crippen LogP contribution in [0.2, 0.25) is 0 Å². The second kappa shape index (κ2) is 58.9. The minimum Gasteiger partial charge on any atom is -0.462 e. The molecule has 68 heavy (non-hydrogen) atoms. The third kappa shape index (κ3) is 56.2. The van der Waals surface area contributed by atoms with E-state index in [9.17, 15) is 9.59 Å². The van der Waals surface area contributed by atoms with Gasteiger partial charge in [-0.2, -0.15) is 0 Å². The summed E-state index contributed by atoms with van der Waals surface area (Å²) < 4.78 is 17.4. The first-order valence-electron chi connectivity index (χ1n) is 29.8. The zero-order valence-corrected chi connectivity index (χ0v) is 45.6. The van der Waals surface area contributed by atoms with Gasteiger partial charge >= 0.3 is 11.9 Å². The van der Waals surface area contributed by atoms with Gasteiger partial charge < -0.3 is 14.2 Å². The van der Waals surface area contributed by atoms with Crippen molar-refractivity contribution < 1.29 is 23.8 Å². The fourth-order valence-corrected chi connectivity index (χ4v) is 8.64. The zero-order chi connectivity index (χ0) is 49.2. The molecule has 1 unspecified atom stereocenters. The highest BCUT2D eigenvalue weighted by atomic mass is 16.6. The molecule has 396 valence electrons. The zero-order valence-electron chi connectivity index (χ0n) is 45.6. The number of hydrogen-bond acceptors (Lipinski definition) is 5. The molecule has 0 aliphatic rings. The van der Waals surface area contributed by atoms with Crippen LogP contribution in [0.1, 0.15) is 303 Å². The van der Waals surface area contributed by atoms with Crippen LogP contribution in [0.3, 0.4) is 0 Å². The molecule has 5 heteroatoms. The van der Waals surface area contributed by atoms with Crippen LogP contribution in [-0.4, -0.2) is 37.9 Å². The van der Waals surface area contributed by atoms with E-state index in [1.54, 1.807) is 0 Å². The molecule has 0 saturated heterocycles. The first kappa shape index (κ1) is 65.6. The molecule has 0 spiro atoms. The Labute approximate surface area is 424 Å². The molecule has 0 N–H and O–H groups in total. The maximum Gasteiger partial charge on any atom is 0.306 e. The monoisotopic (exact) mass is 951 g/mol. The quantitative estimate of drug-likeness (QED) is 0.0345. The van der Waals surface area contributed by atoms with Crippen LogP contribution >= 0.6 is 0 Å². The largest absolute Gasteiger partial charge is 0.462 e. The van der Waals surface area contributed by atoms with Crippen molar-refractivity contribution in [3.05, 3.63) is 60.8 Å². The van der Waals surface area contributed by atoms with E-state index in [-0.39, 0.29) is 25.2 Å². The lowest BCUT2D eigenvalue weighted by molar-refractivity contribution is -0.162. The predicted octanol–water partition coefficient (Wildman–Crippen LogP) is 20.5. The molecule has 0 saturated carbocycles. The molecule has 1 atom stereocenters. The molecule has 0 fully saturated rings. The van der Waals surface area contributed by atoms with Crippen molar-refractivity contribution in [3.63, 3.8) is 0 Å². The van der Waals surface area contributed by atoms with Gasteiger partial charge in [0.05, 0.1) is 6.61 Å². The highest BCUT2D eigenvalue weighted by Gasteiger charge is 2.17. The number of rotatable bonds is 55. The van der Waals surface area contributed by atoms with Gasteiger partial charge in [0.1, 0.15) is 6.61 Å². The van der Waals surface area contributed by atoms with Crippen LogP contribution in [0.25, 0.3) is 0 Å². The standard InChI is InChI=1S/C63H114O5/c1-4-7-10-13-16-19-22-25-27-29-31-33-35-37-40-43-46-49-52-55-58-66-59-61(68-63(65)57-54-51-48-45-42-38-24-21-18-15-12-9-6-3)60-67-62(64)56-53-50-47-44-41-39-36-34-32-30-28-26-23-20-17-14-11-8-5-2/h9,12,18,21,25,27,38,42,48,51,61H,4-8,10-11,13-17,19-20,22-24,26,28-37,39-41,43-47,49-50,52-60H2,1-3H3/b12-9-,21-18-,27-25-,42-38-,51-48-. The van der Waals surface area contributed by atoms with Crippen molar-refractivity contribution in [2.75, 3.05) is 19.8 Å². The average Bonchev–Trinajstić information content (AvgIpc) is 3.34. The summed E-state index contributed by atoms with van der Waals surface area (Å²) in [4.78, 5) is 25.5. The van der Waals surface area contributed by atoms with Crippen LogP contribution in [0.5, 0.6) is 0 Å². The number of hydrogen-bond donors (Lipinski definition) is 0. The third-order valence-electron chi connectivity index (χ3n) is 13.1. The van der Waals surface area contributed by atoms with E-state index >= 15 is 0 Å². The molecule has 0 aromatic carbocycles. The molecule has 0 aliphatic heterocycles. The van der Waals surface area contributed by atoms with Crippen LogP contribution in [-0.2, 0) is 23.8 Å². The molecule has 0 radical (unpaired) electrons.